The van der Waals surface area contributed by atoms with Gasteiger partial charge in [-0.05, 0) is 55.3 Å². The van der Waals surface area contributed by atoms with E-state index in [0.29, 0.717) is 23.1 Å². The van der Waals surface area contributed by atoms with Crippen LogP contribution in [0.15, 0.2) is 58.1 Å². The van der Waals surface area contributed by atoms with Gasteiger partial charge in [0.05, 0.1) is 13.7 Å². The van der Waals surface area contributed by atoms with Gasteiger partial charge in [0.2, 0.25) is 0 Å². The molecule has 0 fully saturated rings. The minimum atomic E-state index is -0.482. The molecule has 4 aromatic rings. The van der Waals surface area contributed by atoms with Gasteiger partial charge >= 0.3 is 11.7 Å². The highest BCUT2D eigenvalue weighted by atomic mass is 35.5. The van der Waals surface area contributed by atoms with Gasteiger partial charge in [0, 0.05) is 24.7 Å². The first-order valence-corrected chi connectivity index (χ1v) is 11.3. The fraction of sp³-hybridized carbons (Fsp3) is 0.292. The van der Waals surface area contributed by atoms with Crippen LogP contribution in [0.4, 0.5) is 0 Å². The molecule has 10 heteroatoms. The summed E-state index contributed by atoms with van der Waals surface area (Å²) in [6, 6.07) is 14.4. The summed E-state index contributed by atoms with van der Waals surface area (Å²) < 4.78 is 15.5. The van der Waals surface area contributed by atoms with E-state index >= 15 is 0 Å². The molecule has 9 nitrogen and oxygen atoms in total. The first-order chi connectivity index (χ1) is 16.5. The fourth-order valence-corrected chi connectivity index (χ4v) is 3.85. The van der Waals surface area contributed by atoms with Crippen molar-refractivity contribution in [3.05, 3.63) is 80.0 Å². The molecule has 4 rings (SSSR count). The van der Waals surface area contributed by atoms with Gasteiger partial charge in [-0.1, -0.05) is 23.7 Å². The molecule has 0 amide bonds. The van der Waals surface area contributed by atoms with Crippen LogP contribution in [-0.4, -0.2) is 37.5 Å². The van der Waals surface area contributed by atoms with E-state index in [1.165, 1.54) is 4.57 Å². The van der Waals surface area contributed by atoms with E-state index in [1.54, 1.807) is 48.1 Å². The van der Waals surface area contributed by atoms with Crippen LogP contribution in [0.5, 0.6) is 17.5 Å². The lowest BCUT2D eigenvalue weighted by atomic mass is 10.2. The Bertz CT molecular complexity index is 1410. The van der Waals surface area contributed by atoms with Gasteiger partial charge in [-0.2, -0.15) is 4.98 Å². The number of benzene rings is 2. The second-order valence-electron chi connectivity index (χ2n) is 7.62. The van der Waals surface area contributed by atoms with Gasteiger partial charge in [0.1, 0.15) is 11.5 Å². The highest BCUT2D eigenvalue weighted by Gasteiger charge is 2.22. The van der Waals surface area contributed by atoms with Gasteiger partial charge in [0.15, 0.2) is 11.2 Å². The quantitative estimate of drug-likeness (QED) is 0.391. The average Bonchev–Trinajstić information content (AvgIpc) is 3.18. The topological polar surface area (TPSA) is 101 Å². The zero-order chi connectivity index (χ0) is 24.2. The number of fused-ring (bicyclic) bond motifs is 1. The van der Waals surface area contributed by atoms with E-state index in [2.05, 4.69) is 4.98 Å². The van der Waals surface area contributed by atoms with Crippen LogP contribution in [0.25, 0.3) is 11.2 Å². The summed E-state index contributed by atoms with van der Waals surface area (Å²) in [5, 5.41) is 9.84. The molecule has 0 aliphatic carbocycles. The van der Waals surface area contributed by atoms with Crippen LogP contribution in [0, 0.1) is 0 Å². The minimum absolute atomic E-state index is 0.102. The van der Waals surface area contributed by atoms with E-state index < -0.39 is 11.2 Å². The summed E-state index contributed by atoms with van der Waals surface area (Å²) in [7, 11) is 1.58. The Labute approximate surface area is 200 Å². The smallest absolute Gasteiger partial charge is 0.332 e. The molecule has 0 saturated heterocycles. The van der Waals surface area contributed by atoms with Gasteiger partial charge in [0.25, 0.3) is 5.56 Å². The number of nitrogens with zero attached hydrogens (tertiary/aromatic N) is 4. The van der Waals surface area contributed by atoms with E-state index in [4.69, 9.17) is 21.1 Å². The lowest BCUT2D eigenvalue weighted by Crippen LogP contribution is -2.40. The third-order valence-corrected chi connectivity index (χ3v) is 5.71. The third-order valence-electron chi connectivity index (χ3n) is 5.46. The SMILES string of the molecule is CCn1c(=O)n(CCCO)c(=O)c2c1nc(Oc1ccc(OC)cc1)n2Cc1ccc(Cl)cc1. The molecule has 0 saturated carbocycles. The lowest BCUT2D eigenvalue weighted by molar-refractivity contribution is 0.277. The minimum Gasteiger partial charge on any atom is -0.497 e. The van der Waals surface area contributed by atoms with Gasteiger partial charge in [-0.25, -0.2) is 4.79 Å². The van der Waals surface area contributed by atoms with E-state index in [-0.39, 0.29) is 43.3 Å². The average molecular weight is 485 g/mol. The molecule has 34 heavy (non-hydrogen) atoms. The van der Waals surface area contributed by atoms with Crippen LogP contribution in [-0.2, 0) is 19.6 Å². The molecule has 0 aliphatic rings. The number of ether oxygens (including phenoxy) is 2. The summed E-state index contributed by atoms with van der Waals surface area (Å²) >= 11 is 6.04. The van der Waals surface area contributed by atoms with E-state index in [0.717, 1.165) is 10.1 Å². The van der Waals surface area contributed by atoms with Crippen LogP contribution in [0.3, 0.4) is 0 Å². The van der Waals surface area contributed by atoms with Crippen molar-refractivity contribution < 1.29 is 14.6 Å². The lowest BCUT2D eigenvalue weighted by Gasteiger charge is -2.12. The molecule has 0 spiro atoms. The molecule has 0 aliphatic heterocycles. The van der Waals surface area contributed by atoms with Crippen molar-refractivity contribution in [2.75, 3.05) is 13.7 Å². The normalized spacial score (nSPS) is 11.2. The molecular formula is C24H25ClN4O5. The largest absolute Gasteiger partial charge is 0.497 e. The molecule has 178 valence electrons. The maximum atomic E-state index is 13.5. The van der Waals surface area contributed by atoms with Crippen molar-refractivity contribution in [3.8, 4) is 17.5 Å². The summed E-state index contributed by atoms with van der Waals surface area (Å²) in [5.74, 6) is 1.17. The number of aromatic nitrogens is 4. The number of hydrogen-bond acceptors (Lipinski definition) is 6. The second kappa shape index (κ2) is 10.1. The number of aliphatic hydroxyl groups is 1. The molecule has 2 heterocycles. The number of halogens is 1. The molecule has 2 aromatic heterocycles. The first-order valence-electron chi connectivity index (χ1n) is 10.9. The molecule has 2 aromatic carbocycles. The Kier molecular flexibility index (Phi) is 7.04. The van der Waals surface area contributed by atoms with E-state index in [1.807, 2.05) is 19.1 Å². The number of rotatable bonds is 9. The Hall–Kier alpha value is -3.56. The van der Waals surface area contributed by atoms with Crippen molar-refractivity contribution in [2.24, 2.45) is 0 Å². The Morgan fingerprint density at radius 1 is 0.971 bits per heavy atom. The third kappa shape index (κ3) is 4.57. The maximum absolute atomic E-state index is 13.5. The predicted molar refractivity (Wildman–Crippen MR) is 129 cm³/mol. The Balaban J connectivity index is 1.93. The fourth-order valence-electron chi connectivity index (χ4n) is 3.73. The van der Waals surface area contributed by atoms with Crippen LogP contribution in [0.2, 0.25) is 5.02 Å². The van der Waals surface area contributed by atoms with Crippen molar-refractivity contribution in [2.45, 2.75) is 33.0 Å². The van der Waals surface area contributed by atoms with Crippen molar-refractivity contribution in [1.82, 2.24) is 18.7 Å². The first kappa shape index (κ1) is 23.6. The number of aliphatic hydroxyl groups excluding tert-OH is 1. The standard InChI is InChI=1S/C24H25ClN4O5/c1-3-27-21-20(22(31)28(24(27)32)13-4-14-30)29(15-16-5-7-17(25)8-6-16)23(26-21)34-19-11-9-18(33-2)10-12-19/h5-12,30H,3-4,13-15H2,1-2H3. The number of hydrogen-bond donors (Lipinski definition) is 1. The Morgan fingerprint density at radius 2 is 1.65 bits per heavy atom. The maximum Gasteiger partial charge on any atom is 0.332 e. The highest BCUT2D eigenvalue weighted by Crippen LogP contribution is 2.27. The number of aryl methyl sites for hydroxylation is 1. The van der Waals surface area contributed by atoms with Crippen LogP contribution < -0.4 is 20.7 Å². The van der Waals surface area contributed by atoms with Crippen LogP contribution >= 0.6 is 11.6 Å². The molecule has 0 radical (unpaired) electrons. The highest BCUT2D eigenvalue weighted by molar-refractivity contribution is 6.30. The molecular weight excluding hydrogens is 460 g/mol. The monoisotopic (exact) mass is 484 g/mol. The predicted octanol–water partition coefficient (Wildman–Crippen LogP) is 3.26. The zero-order valence-corrected chi connectivity index (χ0v) is 19.7. The summed E-state index contributed by atoms with van der Waals surface area (Å²) in [6.07, 6.45) is 0.283. The zero-order valence-electron chi connectivity index (χ0n) is 18.9. The summed E-state index contributed by atoms with van der Waals surface area (Å²) in [6.45, 7) is 2.37. The van der Waals surface area contributed by atoms with Crippen molar-refractivity contribution >= 4 is 22.8 Å². The Morgan fingerprint density at radius 3 is 2.26 bits per heavy atom. The summed E-state index contributed by atoms with van der Waals surface area (Å²) in [5.41, 5.74) is 0.414. The van der Waals surface area contributed by atoms with Crippen molar-refractivity contribution in [1.29, 1.82) is 0 Å². The van der Waals surface area contributed by atoms with Crippen LogP contribution in [0.1, 0.15) is 18.9 Å². The molecule has 1 N–H and O–H groups in total. The molecule has 0 atom stereocenters. The number of methoxy groups -OCH3 is 1. The van der Waals surface area contributed by atoms with Gasteiger partial charge < -0.3 is 14.6 Å². The van der Waals surface area contributed by atoms with Gasteiger partial charge in [-0.3, -0.25) is 18.5 Å². The van der Waals surface area contributed by atoms with Gasteiger partial charge in [-0.15, -0.1) is 0 Å². The molecule has 0 bridgehead atoms. The molecule has 0 unspecified atom stereocenters. The summed E-state index contributed by atoms with van der Waals surface area (Å²) in [4.78, 5) is 31.0. The number of imidazole rings is 1. The second-order valence-corrected chi connectivity index (χ2v) is 8.05. The van der Waals surface area contributed by atoms with E-state index in [9.17, 15) is 14.7 Å². The van der Waals surface area contributed by atoms with Crippen molar-refractivity contribution in [3.63, 3.8) is 0 Å².